The van der Waals surface area contributed by atoms with Crippen molar-refractivity contribution in [3.05, 3.63) is 112 Å². The van der Waals surface area contributed by atoms with Crippen molar-refractivity contribution in [3.8, 4) is 0 Å². The molecular formula is C37H41N3O4S2. The highest BCUT2D eigenvalue weighted by Gasteiger charge is 2.31. The number of ether oxygens (including phenoxy) is 1. The summed E-state index contributed by atoms with van der Waals surface area (Å²) in [7, 11) is 0. The van der Waals surface area contributed by atoms with Crippen LogP contribution in [0.25, 0.3) is 0 Å². The molecule has 240 valence electrons. The van der Waals surface area contributed by atoms with Crippen molar-refractivity contribution in [1.29, 1.82) is 0 Å². The smallest absolute Gasteiger partial charge is 0.341 e. The SMILES string of the molecule is CCOC(=O)c1c(NC(=O)C(Sc2cccc(NC(=O)CC(C)(C)C)c2)c2ccccc2)sc2c1CCN(Cc1ccccc1)C2. The molecule has 1 atom stereocenters. The minimum atomic E-state index is -0.606. The van der Waals surface area contributed by atoms with Gasteiger partial charge in [-0.05, 0) is 53.6 Å². The van der Waals surface area contributed by atoms with Crippen LogP contribution in [-0.2, 0) is 33.8 Å². The summed E-state index contributed by atoms with van der Waals surface area (Å²) < 4.78 is 5.48. The molecule has 0 aliphatic carbocycles. The fourth-order valence-corrected chi connectivity index (χ4v) is 7.85. The number of hydrogen-bond acceptors (Lipinski definition) is 7. The van der Waals surface area contributed by atoms with Crippen LogP contribution in [-0.4, -0.2) is 35.8 Å². The minimum absolute atomic E-state index is 0.0532. The van der Waals surface area contributed by atoms with E-state index < -0.39 is 11.2 Å². The van der Waals surface area contributed by atoms with Crippen molar-refractivity contribution >= 4 is 51.6 Å². The van der Waals surface area contributed by atoms with E-state index in [9.17, 15) is 14.4 Å². The van der Waals surface area contributed by atoms with Crippen LogP contribution in [0.1, 0.15) is 71.3 Å². The second kappa shape index (κ2) is 15.1. The van der Waals surface area contributed by atoms with Gasteiger partial charge in [0.05, 0.1) is 12.2 Å². The summed E-state index contributed by atoms with van der Waals surface area (Å²) in [5.41, 5.74) is 4.06. The fraction of sp³-hybridized carbons (Fsp3) is 0.324. The lowest BCUT2D eigenvalue weighted by atomic mass is 9.92. The number of benzene rings is 3. The molecule has 0 radical (unpaired) electrons. The Bertz CT molecular complexity index is 1670. The molecule has 7 nitrogen and oxygen atoms in total. The Morgan fingerprint density at radius 2 is 1.67 bits per heavy atom. The highest BCUT2D eigenvalue weighted by molar-refractivity contribution is 8.00. The highest BCUT2D eigenvalue weighted by atomic mass is 32.2. The number of thiophene rings is 1. The molecule has 3 aromatic carbocycles. The first-order chi connectivity index (χ1) is 22.1. The van der Waals surface area contributed by atoms with Gasteiger partial charge in [0.15, 0.2) is 0 Å². The molecule has 1 unspecified atom stereocenters. The Labute approximate surface area is 279 Å². The number of esters is 1. The zero-order valence-electron chi connectivity index (χ0n) is 26.8. The number of anilines is 2. The minimum Gasteiger partial charge on any atom is -0.462 e. The topological polar surface area (TPSA) is 87.7 Å². The van der Waals surface area contributed by atoms with E-state index in [1.807, 2.05) is 93.6 Å². The van der Waals surface area contributed by atoms with Crippen LogP contribution < -0.4 is 10.6 Å². The molecule has 9 heteroatoms. The Kier molecular flexibility index (Phi) is 11.0. The molecule has 4 aromatic rings. The first-order valence-corrected chi connectivity index (χ1v) is 17.3. The predicted molar refractivity (Wildman–Crippen MR) is 187 cm³/mol. The Morgan fingerprint density at radius 1 is 0.957 bits per heavy atom. The van der Waals surface area contributed by atoms with E-state index in [1.54, 1.807) is 6.92 Å². The first kappa shape index (κ1) is 33.4. The summed E-state index contributed by atoms with van der Waals surface area (Å²) in [4.78, 5) is 44.3. The standard InChI is InChI=1S/C37H41N3O4S2/c1-5-44-36(43)32-29-19-20-40(23-25-13-8-6-9-14-25)24-30(29)46-35(32)39-34(42)33(26-15-10-7-11-16-26)45-28-18-12-17-27(21-28)38-31(41)22-37(2,3)4/h6-18,21,33H,5,19-20,22-24H2,1-4H3,(H,38,41)(H,39,42). The van der Waals surface area contributed by atoms with Crippen molar-refractivity contribution in [1.82, 2.24) is 4.90 Å². The van der Waals surface area contributed by atoms with Gasteiger partial charge in [0.25, 0.3) is 0 Å². The number of carbonyl (C=O) groups is 3. The number of nitrogens with one attached hydrogen (secondary N) is 2. The van der Waals surface area contributed by atoms with E-state index in [-0.39, 0.29) is 23.8 Å². The summed E-state index contributed by atoms with van der Waals surface area (Å²) in [6.07, 6.45) is 1.10. The molecule has 5 rings (SSSR count). The van der Waals surface area contributed by atoms with Gasteiger partial charge in [0.1, 0.15) is 10.3 Å². The number of fused-ring (bicyclic) bond motifs is 1. The maximum absolute atomic E-state index is 14.1. The third kappa shape index (κ3) is 8.87. The maximum Gasteiger partial charge on any atom is 0.341 e. The fourth-order valence-electron chi connectivity index (χ4n) is 5.49. The highest BCUT2D eigenvalue weighted by Crippen LogP contribution is 2.41. The van der Waals surface area contributed by atoms with Gasteiger partial charge >= 0.3 is 5.97 Å². The molecule has 46 heavy (non-hydrogen) atoms. The van der Waals surface area contributed by atoms with Crippen molar-refractivity contribution < 1.29 is 19.1 Å². The summed E-state index contributed by atoms with van der Waals surface area (Å²) in [6, 6.07) is 27.5. The number of nitrogens with zero attached hydrogens (tertiary/aromatic N) is 1. The summed E-state index contributed by atoms with van der Waals surface area (Å²) in [5, 5.41) is 6.05. The van der Waals surface area contributed by atoms with E-state index >= 15 is 0 Å². The molecule has 2 amide bonds. The normalized spacial score (nSPS) is 13.8. The van der Waals surface area contributed by atoms with Crippen LogP contribution in [0.3, 0.4) is 0 Å². The van der Waals surface area contributed by atoms with Crippen LogP contribution in [0, 0.1) is 5.41 Å². The molecule has 0 fully saturated rings. The lowest BCUT2D eigenvalue weighted by Crippen LogP contribution is -2.30. The second-order valence-electron chi connectivity index (χ2n) is 12.6. The lowest BCUT2D eigenvalue weighted by Gasteiger charge is -2.27. The monoisotopic (exact) mass is 655 g/mol. The van der Waals surface area contributed by atoms with Crippen molar-refractivity contribution in [2.45, 2.75) is 63.8 Å². The van der Waals surface area contributed by atoms with Crippen molar-refractivity contribution in [2.24, 2.45) is 5.41 Å². The molecule has 2 N–H and O–H groups in total. The van der Waals surface area contributed by atoms with E-state index in [0.717, 1.165) is 34.0 Å². The molecule has 1 aromatic heterocycles. The molecule has 2 heterocycles. The third-order valence-corrected chi connectivity index (χ3v) is 9.88. The molecule has 0 saturated heterocycles. The largest absolute Gasteiger partial charge is 0.462 e. The van der Waals surface area contributed by atoms with Crippen molar-refractivity contribution in [2.75, 3.05) is 23.8 Å². The molecule has 1 aliphatic heterocycles. The number of amides is 2. The molecule has 1 aliphatic rings. The van der Waals surface area contributed by atoms with E-state index in [1.165, 1.54) is 28.7 Å². The average Bonchev–Trinajstić information content (AvgIpc) is 3.37. The number of rotatable bonds is 11. The second-order valence-corrected chi connectivity index (χ2v) is 14.9. The van der Waals surface area contributed by atoms with E-state index in [0.29, 0.717) is 35.6 Å². The zero-order chi connectivity index (χ0) is 32.7. The number of carbonyl (C=O) groups excluding carboxylic acids is 3. The van der Waals surface area contributed by atoms with Gasteiger partial charge in [0.2, 0.25) is 11.8 Å². The quantitative estimate of drug-likeness (QED) is 0.125. The van der Waals surface area contributed by atoms with Gasteiger partial charge in [-0.15, -0.1) is 23.1 Å². The van der Waals surface area contributed by atoms with E-state index in [2.05, 4.69) is 27.7 Å². The van der Waals surface area contributed by atoms with Gasteiger partial charge < -0.3 is 15.4 Å². The number of thioether (sulfide) groups is 1. The van der Waals surface area contributed by atoms with Crippen LogP contribution in [0.5, 0.6) is 0 Å². The summed E-state index contributed by atoms with van der Waals surface area (Å²) >= 11 is 2.86. The van der Waals surface area contributed by atoms with Crippen LogP contribution in [0.15, 0.2) is 89.8 Å². The number of hydrogen-bond donors (Lipinski definition) is 2. The molecule has 0 spiro atoms. The third-order valence-electron chi connectivity index (χ3n) is 7.50. The zero-order valence-corrected chi connectivity index (χ0v) is 28.4. The van der Waals surface area contributed by atoms with Crippen LogP contribution >= 0.6 is 23.1 Å². The Morgan fingerprint density at radius 3 is 2.37 bits per heavy atom. The van der Waals surface area contributed by atoms with Crippen LogP contribution in [0.2, 0.25) is 0 Å². The summed E-state index contributed by atoms with van der Waals surface area (Å²) in [5.74, 6) is -0.694. The molecular weight excluding hydrogens is 615 g/mol. The van der Waals surface area contributed by atoms with Gasteiger partial charge in [0, 0.05) is 41.5 Å². The van der Waals surface area contributed by atoms with Crippen LogP contribution in [0.4, 0.5) is 10.7 Å². The van der Waals surface area contributed by atoms with E-state index in [4.69, 9.17) is 4.74 Å². The Balaban J connectivity index is 1.39. The van der Waals surface area contributed by atoms with Gasteiger partial charge in [-0.2, -0.15) is 0 Å². The van der Waals surface area contributed by atoms with Gasteiger partial charge in [-0.3, -0.25) is 14.5 Å². The average molecular weight is 656 g/mol. The summed E-state index contributed by atoms with van der Waals surface area (Å²) in [6.45, 7) is 10.4. The lowest BCUT2D eigenvalue weighted by molar-refractivity contribution is -0.118. The molecule has 0 bridgehead atoms. The predicted octanol–water partition coefficient (Wildman–Crippen LogP) is 8.33. The Hall–Kier alpha value is -3.92. The molecule has 0 saturated carbocycles. The van der Waals surface area contributed by atoms with Crippen molar-refractivity contribution in [3.63, 3.8) is 0 Å². The maximum atomic E-state index is 14.1. The first-order valence-electron chi connectivity index (χ1n) is 15.6. The van der Waals surface area contributed by atoms with Gasteiger partial charge in [-0.25, -0.2) is 4.79 Å². The van der Waals surface area contributed by atoms with Gasteiger partial charge in [-0.1, -0.05) is 87.5 Å².